The minimum absolute atomic E-state index is 0.00121. The van der Waals surface area contributed by atoms with Crippen LogP contribution in [0.15, 0.2) is 0 Å². The first kappa shape index (κ1) is 57.4. The highest BCUT2D eigenvalue weighted by atomic mass is 127. The number of amides is 6. The summed E-state index contributed by atoms with van der Waals surface area (Å²) < 4.78 is -0.0681. The van der Waals surface area contributed by atoms with Crippen LogP contribution in [0.2, 0.25) is 0 Å². The third kappa shape index (κ3) is 14.9. The van der Waals surface area contributed by atoms with Crippen LogP contribution in [-0.4, -0.2) is 183 Å². The highest BCUT2D eigenvalue weighted by Crippen LogP contribution is 2.40. The number of carbonyl (C=O) groups excluding carboxylic acids is 6. The maximum Gasteiger partial charge on any atom is 0.253 e. The molecule has 0 aromatic heterocycles. The summed E-state index contributed by atoms with van der Waals surface area (Å²) in [6, 6.07) is 0. The molecule has 28 heteroatoms. The molecule has 0 aliphatic rings. The van der Waals surface area contributed by atoms with Crippen LogP contribution in [0.1, 0.15) is 47.9 Å². The number of nitrogens with zero attached hydrogens (tertiary/aromatic N) is 2. The van der Waals surface area contributed by atoms with E-state index in [2.05, 4.69) is 16.0 Å². The molecule has 6 amide bonds. The Morgan fingerprint density at radius 1 is 0.452 bits per heavy atom. The lowest BCUT2D eigenvalue weighted by Gasteiger charge is -2.32. The molecule has 0 heterocycles. The molecule has 2 rings (SSSR count). The second-order valence-corrected chi connectivity index (χ2v) is 19.4. The van der Waals surface area contributed by atoms with E-state index in [-0.39, 0.29) is 55.0 Å². The summed E-state index contributed by atoms with van der Waals surface area (Å²) in [7, 11) is 0. The molecule has 346 valence electrons. The van der Waals surface area contributed by atoms with Gasteiger partial charge in [-0.05, 0) is 136 Å². The van der Waals surface area contributed by atoms with E-state index in [1.54, 1.807) is 136 Å². The molecule has 0 spiro atoms. The molecule has 0 saturated carbocycles. The van der Waals surface area contributed by atoms with Gasteiger partial charge in [-0.2, -0.15) is 0 Å². The van der Waals surface area contributed by atoms with E-state index in [9.17, 15) is 79.8 Å². The Labute approximate surface area is 435 Å². The van der Waals surface area contributed by atoms with Crippen LogP contribution >= 0.6 is 136 Å². The van der Waals surface area contributed by atoms with Crippen LogP contribution in [-0.2, 0) is 9.59 Å². The van der Waals surface area contributed by atoms with E-state index in [0.717, 1.165) is 9.80 Å². The molecule has 0 fully saturated rings. The lowest BCUT2D eigenvalue weighted by molar-refractivity contribution is -0.127. The summed E-state index contributed by atoms with van der Waals surface area (Å²) in [5.41, 5.74) is 4.35. The first-order valence-corrected chi connectivity index (χ1v) is 24.1. The number of primary amides is 1. The van der Waals surface area contributed by atoms with Crippen LogP contribution in [0.5, 0.6) is 0 Å². The monoisotopic (exact) mass is 1550 g/mol. The first-order valence-electron chi connectivity index (χ1n) is 17.6. The van der Waals surface area contributed by atoms with Crippen molar-refractivity contribution in [3.05, 3.63) is 43.7 Å². The SMILES string of the molecule is NC(=O)c1c(I)c(C(=O)NCC(O)CO)c(I)c(N(CC(O)CO)C(=O)CC(=O)N(CC(O)CO)c2c(I)c(C(=O)NCC(O)CO)c(I)c(C(=O)NCC(O)CO)c2I)c1I. The Kier molecular flexibility index (Phi) is 25.1. The van der Waals surface area contributed by atoms with Crippen LogP contribution in [0.4, 0.5) is 11.4 Å². The summed E-state index contributed by atoms with van der Waals surface area (Å²) in [5, 5.41) is 106. The minimum atomic E-state index is -1.69. The van der Waals surface area contributed by atoms with Crippen LogP contribution in [0.25, 0.3) is 0 Å². The van der Waals surface area contributed by atoms with Crippen LogP contribution in [0, 0.1) is 21.4 Å². The molecule has 22 nitrogen and oxygen atoms in total. The fourth-order valence-corrected chi connectivity index (χ4v) is 14.7. The molecule has 0 aliphatic carbocycles. The molecule has 0 bridgehead atoms. The maximum atomic E-state index is 14.6. The van der Waals surface area contributed by atoms with E-state index < -0.39 is 138 Å². The number of hydrogen-bond donors (Lipinski definition) is 14. The van der Waals surface area contributed by atoms with Gasteiger partial charge in [0.25, 0.3) is 23.6 Å². The minimum Gasteiger partial charge on any atom is -0.394 e. The number of hydrogen-bond acceptors (Lipinski definition) is 16. The zero-order valence-electron chi connectivity index (χ0n) is 31.8. The average Bonchev–Trinajstić information content (AvgIpc) is 3.22. The second kappa shape index (κ2) is 27.2. The number of nitrogens with two attached hydrogens (primary N) is 1. The van der Waals surface area contributed by atoms with Crippen molar-refractivity contribution in [2.75, 3.05) is 75.6 Å². The normalized spacial score (nSPS) is 13.7. The van der Waals surface area contributed by atoms with Crippen molar-refractivity contribution in [2.45, 2.75) is 36.9 Å². The Morgan fingerprint density at radius 3 is 0.968 bits per heavy atom. The summed E-state index contributed by atoms with van der Waals surface area (Å²) in [6.07, 6.45) is -8.65. The van der Waals surface area contributed by atoms with Crippen molar-refractivity contribution in [2.24, 2.45) is 5.73 Å². The van der Waals surface area contributed by atoms with E-state index in [1.807, 2.05) is 0 Å². The van der Waals surface area contributed by atoms with Gasteiger partial charge in [0.1, 0.15) is 6.42 Å². The quantitative estimate of drug-likeness (QED) is 0.0393. The molecule has 15 N–H and O–H groups in total. The standard InChI is InChI=1S/C34H42I6N6O16/c35-23-19(31(41)59)25(37)29(26(38)20(23)32(60)42-2-12(52)7-47)45(5-15(55)10-50)17(57)1-18(58)46(6-16(56)11-51)30-27(39)21(33(61)43-3-13(53)8-48)24(36)22(28(30)40)34(62)44-4-14(54)9-49/h12-16,47-56H,1-11H2,(H2,41,59)(H,42,60)(H,43,61)(H,44,62). The lowest BCUT2D eigenvalue weighted by Crippen LogP contribution is -2.46. The molecular weight excluding hydrogens is 1510 g/mol. The zero-order chi connectivity index (χ0) is 47.3. The third-order valence-electron chi connectivity index (χ3n) is 8.29. The van der Waals surface area contributed by atoms with Crippen molar-refractivity contribution in [3.8, 4) is 0 Å². The molecular formula is C34H42I6N6O16. The largest absolute Gasteiger partial charge is 0.394 e. The maximum absolute atomic E-state index is 14.6. The van der Waals surface area contributed by atoms with Crippen molar-refractivity contribution in [3.63, 3.8) is 0 Å². The Morgan fingerprint density at radius 2 is 0.710 bits per heavy atom. The number of rotatable bonds is 23. The van der Waals surface area contributed by atoms with Gasteiger partial charge >= 0.3 is 0 Å². The van der Waals surface area contributed by atoms with E-state index in [0.29, 0.717) is 0 Å². The Balaban J connectivity index is 2.97. The highest BCUT2D eigenvalue weighted by molar-refractivity contribution is 14.1. The van der Waals surface area contributed by atoms with E-state index in [4.69, 9.17) is 5.73 Å². The number of anilines is 2. The van der Waals surface area contributed by atoms with E-state index >= 15 is 0 Å². The molecule has 5 unspecified atom stereocenters. The van der Waals surface area contributed by atoms with Gasteiger partial charge in [-0.3, -0.25) is 28.8 Å². The lowest BCUT2D eigenvalue weighted by atomic mass is 10.0. The smallest absolute Gasteiger partial charge is 0.253 e. The van der Waals surface area contributed by atoms with Gasteiger partial charge in [0.2, 0.25) is 11.8 Å². The fraction of sp³-hybridized carbons (Fsp3) is 0.471. The van der Waals surface area contributed by atoms with Crippen molar-refractivity contribution in [1.29, 1.82) is 0 Å². The van der Waals surface area contributed by atoms with Crippen LogP contribution < -0.4 is 31.5 Å². The van der Waals surface area contributed by atoms with Gasteiger partial charge in [-0.15, -0.1) is 0 Å². The number of benzene rings is 2. The predicted molar refractivity (Wildman–Crippen MR) is 269 cm³/mol. The molecule has 0 aliphatic heterocycles. The summed E-state index contributed by atoms with van der Waals surface area (Å²) in [5.74, 6) is -5.97. The number of aliphatic hydroxyl groups excluding tert-OH is 10. The van der Waals surface area contributed by atoms with Crippen molar-refractivity contribution < 1.29 is 79.8 Å². The van der Waals surface area contributed by atoms with Gasteiger partial charge in [-0.1, -0.05) is 0 Å². The number of nitrogens with one attached hydrogen (secondary N) is 3. The number of aliphatic hydroxyl groups is 10. The van der Waals surface area contributed by atoms with Gasteiger partial charge < -0.3 is 82.5 Å². The van der Waals surface area contributed by atoms with Gasteiger partial charge in [0.05, 0.1) is 125 Å². The van der Waals surface area contributed by atoms with Gasteiger partial charge in [0.15, 0.2) is 0 Å². The highest BCUT2D eigenvalue weighted by Gasteiger charge is 2.37. The molecule has 2 aromatic rings. The Hall–Kier alpha value is -0.760. The summed E-state index contributed by atoms with van der Waals surface area (Å²) in [4.78, 5) is 84.5. The average molecular weight is 1550 g/mol. The third-order valence-corrected chi connectivity index (χ3v) is 14.7. The Bertz CT molecular complexity index is 1950. The second-order valence-electron chi connectivity index (χ2n) is 12.9. The predicted octanol–water partition coefficient (Wildman–Crippen LogP) is -2.88. The molecule has 0 saturated heterocycles. The zero-order valence-corrected chi connectivity index (χ0v) is 44.8. The van der Waals surface area contributed by atoms with Gasteiger partial charge in [-0.25, -0.2) is 0 Å². The fourth-order valence-electron chi connectivity index (χ4n) is 5.17. The molecule has 2 aromatic carbocycles. The first-order chi connectivity index (χ1) is 29.0. The topological polar surface area (TPSA) is 373 Å². The molecule has 62 heavy (non-hydrogen) atoms. The summed E-state index contributed by atoms with van der Waals surface area (Å²) in [6.45, 7) is -6.78. The van der Waals surface area contributed by atoms with Gasteiger partial charge in [0, 0.05) is 26.8 Å². The van der Waals surface area contributed by atoms with Crippen LogP contribution in [0.3, 0.4) is 0 Å². The van der Waals surface area contributed by atoms with Crippen molar-refractivity contribution in [1.82, 2.24) is 16.0 Å². The molecule has 0 radical (unpaired) electrons. The number of halogens is 6. The van der Waals surface area contributed by atoms with E-state index in [1.165, 1.54) is 0 Å². The molecule has 5 atom stereocenters. The number of carbonyl (C=O) groups is 6. The van der Waals surface area contributed by atoms with Crippen molar-refractivity contribution >= 4 is 182 Å². The summed E-state index contributed by atoms with van der Waals surface area (Å²) >= 11 is 10.1.